The number of aromatic amines is 1. The Hall–Kier alpha value is -2.10. The summed E-state index contributed by atoms with van der Waals surface area (Å²) in [5, 5.41) is 9.47. The van der Waals surface area contributed by atoms with Gasteiger partial charge >= 0.3 is 0 Å². The Kier molecular flexibility index (Phi) is 2.02. The van der Waals surface area contributed by atoms with Gasteiger partial charge in [-0.15, -0.1) is 0 Å². The maximum absolute atomic E-state index is 11.4. The molecule has 70 valence electrons. The summed E-state index contributed by atoms with van der Waals surface area (Å²) in [5.41, 5.74) is 0.498. The lowest BCUT2D eigenvalue weighted by Crippen LogP contribution is -2.03. The molecule has 2 aromatic rings. The molecule has 0 atom stereocenters. The van der Waals surface area contributed by atoms with Crippen molar-refractivity contribution in [2.75, 3.05) is 0 Å². The number of nitrogens with zero attached hydrogens (tertiary/aromatic N) is 1. The first-order chi connectivity index (χ1) is 6.79. The molecule has 0 unspecified atom stereocenters. The molecule has 4 nitrogen and oxygen atoms in total. The van der Waals surface area contributed by atoms with Crippen LogP contribution in [0.25, 0.3) is 11.3 Å². The smallest absolute Gasteiger partial charge is 0.191 e. The van der Waals surface area contributed by atoms with Crippen molar-refractivity contribution in [1.29, 1.82) is 0 Å². The van der Waals surface area contributed by atoms with E-state index in [-0.39, 0.29) is 11.2 Å². The van der Waals surface area contributed by atoms with Crippen LogP contribution in [0.1, 0.15) is 0 Å². The third-order valence-electron chi connectivity index (χ3n) is 1.87. The average Bonchev–Trinajstić information content (AvgIpc) is 2.20. The van der Waals surface area contributed by atoms with E-state index in [9.17, 15) is 9.90 Å². The molecule has 0 aliphatic rings. The number of hydrogen-bond acceptors (Lipinski definition) is 3. The molecule has 2 heterocycles. The summed E-state index contributed by atoms with van der Waals surface area (Å²) in [7, 11) is 0. The molecule has 0 aliphatic heterocycles. The SMILES string of the molecule is O=c1cc[nH]cc1-c1ncccc1O. The molecule has 14 heavy (non-hydrogen) atoms. The molecule has 0 spiro atoms. The molecule has 0 amide bonds. The zero-order chi connectivity index (χ0) is 9.97. The summed E-state index contributed by atoms with van der Waals surface area (Å²) in [6, 6.07) is 4.49. The van der Waals surface area contributed by atoms with Gasteiger partial charge in [0.2, 0.25) is 0 Å². The summed E-state index contributed by atoms with van der Waals surface area (Å²) >= 11 is 0. The fourth-order valence-corrected chi connectivity index (χ4v) is 1.21. The third kappa shape index (κ3) is 1.37. The maximum atomic E-state index is 11.4. The third-order valence-corrected chi connectivity index (χ3v) is 1.87. The highest BCUT2D eigenvalue weighted by Gasteiger charge is 2.07. The second-order valence-electron chi connectivity index (χ2n) is 2.79. The van der Waals surface area contributed by atoms with Crippen molar-refractivity contribution in [3.05, 3.63) is 47.0 Å². The molecule has 0 saturated carbocycles. The van der Waals surface area contributed by atoms with Crippen molar-refractivity contribution in [3.63, 3.8) is 0 Å². The second kappa shape index (κ2) is 3.33. The number of nitrogens with one attached hydrogen (secondary N) is 1. The van der Waals surface area contributed by atoms with Crippen LogP contribution in [0.4, 0.5) is 0 Å². The Morgan fingerprint density at radius 1 is 1.36 bits per heavy atom. The minimum absolute atomic E-state index is 0.00389. The van der Waals surface area contributed by atoms with Gasteiger partial charge in [-0.1, -0.05) is 0 Å². The van der Waals surface area contributed by atoms with E-state index in [0.29, 0.717) is 11.3 Å². The van der Waals surface area contributed by atoms with Crippen LogP contribution in [0.3, 0.4) is 0 Å². The van der Waals surface area contributed by atoms with Crippen LogP contribution in [0, 0.1) is 0 Å². The van der Waals surface area contributed by atoms with E-state index in [0.717, 1.165) is 0 Å². The minimum Gasteiger partial charge on any atom is -0.506 e. The van der Waals surface area contributed by atoms with Gasteiger partial charge in [-0.3, -0.25) is 9.78 Å². The van der Waals surface area contributed by atoms with E-state index in [2.05, 4.69) is 9.97 Å². The van der Waals surface area contributed by atoms with Crippen LogP contribution in [0.15, 0.2) is 41.6 Å². The quantitative estimate of drug-likeness (QED) is 0.705. The molecule has 0 aliphatic carbocycles. The van der Waals surface area contributed by atoms with Crippen LogP contribution < -0.4 is 5.43 Å². The van der Waals surface area contributed by atoms with E-state index in [1.165, 1.54) is 30.7 Å². The Morgan fingerprint density at radius 3 is 2.93 bits per heavy atom. The highest BCUT2D eigenvalue weighted by molar-refractivity contribution is 5.64. The molecule has 2 aromatic heterocycles. The molecular formula is C10H8N2O2. The summed E-state index contributed by atoms with van der Waals surface area (Å²) in [5.74, 6) is 0.00389. The zero-order valence-corrected chi connectivity index (χ0v) is 7.27. The van der Waals surface area contributed by atoms with Gasteiger partial charge in [0, 0.05) is 24.7 Å². The predicted octanol–water partition coefficient (Wildman–Crippen LogP) is 1.14. The Labute approximate surface area is 79.9 Å². The fraction of sp³-hybridized carbons (Fsp3) is 0. The van der Waals surface area contributed by atoms with Gasteiger partial charge in [0.05, 0.1) is 5.56 Å². The number of pyridine rings is 2. The van der Waals surface area contributed by atoms with Crippen molar-refractivity contribution < 1.29 is 5.11 Å². The van der Waals surface area contributed by atoms with Crippen molar-refractivity contribution in [3.8, 4) is 17.0 Å². The number of aromatic nitrogens is 2. The molecule has 0 fully saturated rings. The van der Waals surface area contributed by atoms with Crippen molar-refractivity contribution >= 4 is 0 Å². The number of aromatic hydroxyl groups is 1. The van der Waals surface area contributed by atoms with Gasteiger partial charge in [0.15, 0.2) is 5.43 Å². The van der Waals surface area contributed by atoms with Gasteiger partial charge in [-0.2, -0.15) is 0 Å². The first kappa shape index (κ1) is 8.50. The number of H-pyrrole nitrogens is 1. The van der Waals surface area contributed by atoms with Gasteiger partial charge in [-0.05, 0) is 12.1 Å². The summed E-state index contributed by atoms with van der Waals surface area (Å²) < 4.78 is 0. The van der Waals surface area contributed by atoms with Crippen LogP contribution in [-0.2, 0) is 0 Å². The number of rotatable bonds is 1. The normalized spacial score (nSPS) is 10.0. The first-order valence-electron chi connectivity index (χ1n) is 4.10. The molecule has 0 aromatic carbocycles. The van der Waals surface area contributed by atoms with Crippen LogP contribution in [-0.4, -0.2) is 15.1 Å². The van der Waals surface area contributed by atoms with E-state index in [1.54, 1.807) is 6.07 Å². The van der Waals surface area contributed by atoms with Crippen molar-refractivity contribution in [2.24, 2.45) is 0 Å². The van der Waals surface area contributed by atoms with E-state index in [4.69, 9.17) is 0 Å². The van der Waals surface area contributed by atoms with Crippen molar-refractivity contribution in [2.45, 2.75) is 0 Å². The first-order valence-corrected chi connectivity index (χ1v) is 4.10. The molecule has 0 saturated heterocycles. The summed E-state index contributed by atoms with van der Waals surface area (Å²) in [6.07, 6.45) is 4.58. The highest BCUT2D eigenvalue weighted by atomic mass is 16.3. The summed E-state index contributed by atoms with van der Waals surface area (Å²) in [4.78, 5) is 18.1. The lowest BCUT2D eigenvalue weighted by Gasteiger charge is -2.00. The van der Waals surface area contributed by atoms with Crippen LogP contribution in [0.2, 0.25) is 0 Å². The second-order valence-corrected chi connectivity index (χ2v) is 2.79. The van der Waals surface area contributed by atoms with Crippen LogP contribution >= 0.6 is 0 Å². The largest absolute Gasteiger partial charge is 0.506 e. The van der Waals surface area contributed by atoms with E-state index < -0.39 is 0 Å². The molecule has 2 rings (SSSR count). The van der Waals surface area contributed by atoms with Gasteiger partial charge in [-0.25, -0.2) is 0 Å². The Bertz CT molecular complexity index is 505. The van der Waals surface area contributed by atoms with Crippen molar-refractivity contribution in [1.82, 2.24) is 9.97 Å². The van der Waals surface area contributed by atoms with E-state index in [1.807, 2.05) is 0 Å². The standard InChI is InChI=1S/C10H8N2O2/c13-8-3-5-11-6-7(8)10-9(14)2-1-4-12-10/h1-6,14H,(H,11,13). The minimum atomic E-state index is -0.169. The number of hydrogen-bond donors (Lipinski definition) is 2. The van der Waals surface area contributed by atoms with E-state index >= 15 is 0 Å². The maximum Gasteiger partial charge on any atom is 0.191 e. The highest BCUT2D eigenvalue weighted by Crippen LogP contribution is 2.22. The van der Waals surface area contributed by atoms with Crippen LogP contribution in [0.5, 0.6) is 5.75 Å². The molecule has 4 heteroatoms. The molecular weight excluding hydrogens is 180 g/mol. The fourth-order valence-electron chi connectivity index (χ4n) is 1.21. The topological polar surface area (TPSA) is 66.0 Å². The summed E-state index contributed by atoms with van der Waals surface area (Å²) in [6.45, 7) is 0. The van der Waals surface area contributed by atoms with Gasteiger partial charge < -0.3 is 10.1 Å². The monoisotopic (exact) mass is 188 g/mol. The molecule has 0 bridgehead atoms. The lowest BCUT2D eigenvalue weighted by molar-refractivity contribution is 0.475. The zero-order valence-electron chi connectivity index (χ0n) is 7.27. The lowest BCUT2D eigenvalue weighted by atomic mass is 10.2. The average molecular weight is 188 g/mol. The molecule has 0 radical (unpaired) electrons. The Morgan fingerprint density at radius 2 is 2.21 bits per heavy atom. The van der Waals surface area contributed by atoms with Gasteiger partial charge in [0.25, 0.3) is 0 Å². The predicted molar refractivity (Wildman–Crippen MR) is 52.0 cm³/mol. The Balaban J connectivity index is 2.67. The molecule has 2 N–H and O–H groups in total. The van der Waals surface area contributed by atoms with Gasteiger partial charge in [0.1, 0.15) is 11.4 Å².